The summed E-state index contributed by atoms with van der Waals surface area (Å²) < 4.78 is 2.24. The van der Waals surface area contributed by atoms with E-state index in [4.69, 9.17) is 0 Å². The van der Waals surface area contributed by atoms with Gasteiger partial charge in [-0.05, 0) is 50.5 Å². The van der Waals surface area contributed by atoms with Crippen molar-refractivity contribution in [2.45, 2.75) is 19.4 Å². The average Bonchev–Trinajstić information content (AvgIpc) is 2.77. The van der Waals surface area contributed by atoms with Crippen LogP contribution < -0.4 is 5.32 Å². The molecule has 3 rings (SSSR count). The van der Waals surface area contributed by atoms with Crippen molar-refractivity contribution in [2.24, 2.45) is 13.0 Å². The first-order valence-electron chi connectivity index (χ1n) is 7.66. The molecule has 0 saturated carbocycles. The lowest BCUT2D eigenvalue weighted by atomic mass is 9.97. The second kappa shape index (κ2) is 5.98. The van der Waals surface area contributed by atoms with Gasteiger partial charge in [0, 0.05) is 37.2 Å². The van der Waals surface area contributed by atoms with E-state index < -0.39 is 0 Å². The van der Waals surface area contributed by atoms with Gasteiger partial charge in [0.15, 0.2) is 0 Å². The first-order valence-corrected chi connectivity index (χ1v) is 7.66. The third-order valence-electron chi connectivity index (χ3n) is 4.45. The smallest absolute Gasteiger partial charge is 0.0481 e. The quantitative estimate of drug-likeness (QED) is 0.922. The fraction of sp³-hybridized carbons (Fsp3) is 0.529. The molecule has 0 aliphatic carbocycles. The van der Waals surface area contributed by atoms with E-state index in [1.165, 1.54) is 48.9 Å². The number of para-hydroxylation sites is 1. The molecule has 108 valence electrons. The number of rotatable bonds is 4. The maximum Gasteiger partial charge on any atom is 0.0481 e. The highest BCUT2D eigenvalue weighted by atomic mass is 15.1. The molecule has 3 nitrogen and oxygen atoms in total. The van der Waals surface area contributed by atoms with Crippen molar-refractivity contribution < 1.29 is 0 Å². The fourth-order valence-electron chi connectivity index (χ4n) is 3.41. The Morgan fingerprint density at radius 3 is 2.80 bits per heavy atom. The summed E-state index contributed by atoms with van der Waals surface area (Å²) in [7, 11) is 4.39. The number of aromatic nitrogens is 1. The third kappa shape index (κ3) is 2.89. The van der Waals surface area contributed by atoms with Gasteiger partial charge in [-0.2, -0.15) is 0 Å². The summed E-state index contributed by atoms with van der Waals surface area (Å²) >= 11 is 0. The molecule has 0 bridgehead atoms. The van der Waals surface area contributed by atoms with Crippen LogP contribution in [0.15, 0.2) is 30.5 Å². The van der Waals surface area contributed by atoms with Gasteiger partial charge in [0.05, 0.1) is 0 Å². The van der Waals surface area contributed by atoms with E-state index in [0.29, 0.717) is 0 Å². The number of aryl methyl sites for hydroxylation is 1. The van der Waals surface area contributed by atoms with Crippen LogP contribution in [0.1, 0.15) is 18.4 Å². The number of fused-ring (bicyclic) bond motifs is 1. The van der Waals surface area contributed by atoms with Crippen molar-refractivity contribution in [2.75, 3.05) is 26.7 Å². The standard InChI is InChI=1S/C17H25N3/c1-19(11-14-7-9-18-10-8-14)12-15-13-20(2)17-6-4-3-5-16(15)17/h3-6,13-14,18H,7-12H2,1-2H3. The van der Waals surface area contributed by atoms with Gasteiger partial charge in [-0.3, -0.25) is 0 Å². The minimum absolute atomic E-state index is 0.858. The lowest BCUT2D eigenvalue weighted by molar-refractivity contribution is 0.235. The molecule has 0 unspecified atom stereocenters. The van der Waals surface area contributed by atoms with Crippen molar-refractivity contribution in [1.29, 1.82) is 0 Å². The summed E-state index contributed by atoms with van der Waals surface area (Å²) in [6.07, 6.45) is 4.92. The molecule has 0 spiro atoms. The Balaban J connectivity index is 1.69. The summed E-state index contributed by atoms with van der Waals surface area (Å²) in [5.41, 5.74) is 2.78. The number of nitrogens with one attached hydrogen (secondary N) is 1. The molecule has 1 aromatic heterocycles. The highest BCUT2D eigenvalue weighted by Gasteiger charge is 2.16. The zero-order valence-electron chi connectivity index (χ0n) is 12.6. The molecule has 0 amide bonds. The van der Waals surface area contributed by atoms with E-state index in [1.807, 2.05) is 0 Å². The second-order valence-corrected chi connectivity index (χ2v) is 6.17. The van der Waals surface area contributed by atoms with Crippen LogP contribution in [0.4, 0.5) is 0 Å². The molecule has 1 aliphatic heterocycles. The number of piperidine rings is 1. The van der Waals surface area contributed by atoms with Gasteiger partial charge in [0.1, 0.15) is 0 Å². The number of hydrogen-bond acceptors (Lipinski definition) is 2. The molecular weight excluding hydrogens is 246 g/mol. The van der Waals surface area contributed by atoms with Crippen LogP contribution in [0.3, 0.4) is 0 Å². The number of hydrogen-bond donors (Lipinski definition) is 1. The van der Waals surface area contributed by atoms with Gasteiger partial charge in [-0.25, -0.2) is 0 Å². The minimum atomic E-state index is 0.858. The summed E-state index contributed by atoms with van der Waals surface area (Å²) in [4.78, 5) is 2.48. The van der Waals surface area contributed by atoms with E-state index in [1.54, 1.807) is 0 Å². The van der Waals surface area contributed by atoms with Crippen molar-refractivity contribution in [3.8, 4) is 0 Å². The molecule has 20 heavy (non-hydrogen) atoms. The minimum Gasteiger partial charge on any atom is -0.350 e. The van der Waals surface area contributed by atoms with Gasteiger partial charge in [-0.15, -0.1) is 0 Å². The Bertz CT molecular complexity index is 567. The summed E-state index contributed by atoms with van der Waals surface area (Å²) in [5.74, 6) is 0.858. The molecule has 0 radical (unpaired) electrons. The van der Waals surface area contributed by atoms with Crippen LogP contribution >= 0.6 is 0 Å². The van der Waals surface area contributed by atoms with Gasteiger partial charge >= 0.3 is 0 Å². The predicted molar refractivity (Wildman–Crippen MR) is 84.8 cm³/mol. The van der Waals surface area contributed by atoms with E-state index in [2.05, 4.69) is 59.3 Å². The van der Waals surface area contributed by atoms with Crippen molar-refractivity contribution >= 4 is 10.9 Å². The lowest BCUT2D eigenvalue weighted by Gasteiger charge is -2.27. The molecule has 2 aromatic rings. The molecule has 1 aliphatic rings. The van der Waals surface area contributed by atoms with Gasteiger partial charge < -0.3 is 14.8 Å². The Hall–Kier alpha value is -1.32. The Morgan fingerprint density at radius 2 is 2.00 bits per heavy atom. The molecular formula is C17H25N3. The monoisotopic (exact) mass is 271 g/mol. The second-order valence-electron chi connectivity index (χ2n) is 6.17. The molecule has 0 atom stereocenters. The first kappa shape index (κ1) is 13.7. The highest BCUT2D eigenvalue weighted by molar-refractivity contribution is 5.83. The van der Waals surface area contributed by atoms with Crippen LogP contribution in [-0.2, 0) is 13.6 Å². The summed E-state index contributed by atoms with van der Waals surface area (Å²) in [5, 5.41) is 4.84. The first-order chi connectivity index (χ1) is 9.74. The Morgan fingerprint density at radius 1 is 1.25 bits per heavy atom. The van der Waals surface area contributed by atoms with Gasteiger partial charge in [0.2, 0.25) is 0 Å². The van der Waals surface area contributed by atoms with E-state index in [0.717, 1.165) is 12.5 Å². The predicted octanol–water partition coefficient (Wildman–Crippen LogP) is 2.61. The largest absolute Gasteiger partial charge is 0.350 e. The molecule has 1 saturated heterocycles. The average molecular weight is 271 g/mol. The summed E-state index contributed by atoms with van der Waals surface area (Å²) in [6.45, 7) is 4.63. The number of benzene rings is 1. The third-order valence-corrected chi connectivity index (χ3v) is 4.45. The Labute approximate surface area is 121 Å². The van der Waals surface area contributed by atoms with E-state index in [9.17, 15) is 0 Å². The highest BCUT2D eigenvalue weighted by Crippen LogP contribution is 2.22. The SMILES string of the molecule is CN(Cc1cn(C)c2ccccc12)CC1CCNCC1. The zero-order valence-corrected chi connectivity index (χ0v) is 12.6. The van der Waals surface area contributed by atoms with Crippen LogP contribution in [0.2, 0.25) is 0 Å². The van der Waals surface area contributed by atoms with Crippen LogP contribution in [0.5, 0.6) is 0 Å². The van der Waals surface area contributed by atoms with Gasteiger partial charge in [-0.1, -0.05) is 18.2 Å². The molecule has 2 heterocycles. The van der Waals surface area contributed by atoms with Gasteiger partial charge in [0.25, 0.3) is 0 Å². The molecule has 3 heteroatoms. The van der Waals surface area contributed by atoms with E-state index >= 15 is 0 Å². The van der Waals surface area contributed by atoms with Crippen molar-refractivity contribution in [3.05, 3.63) is 36.0 Å². The van der Waals surface area contributed by atoms with Crippen molar-refractivity contribution in [1.82, 2.24) is 14.8 Å². The number of nitrogens with zero attached hydrogens (tertiary/aromatic N) is 2. The Kier molecular flexibility index (Phi) is 4.08. The van der Waals surface area contributed by atoms with Crippen molar-refractivity contribution in [3.63, 3.8) is 0 Å². The van der Waals surface area contributed by atoms with Crippen LogP contribution in [0, 0.1) is 5.92 Å². The van der Waals surface area contributed by atoms with Crippen LogP contribution in [0.25, 0.3) is 10.9 Å². The lowest BCUT2D eigenvalue weighted by Crippen LogP contribution is -2.34. The molecule has 1 aromatic carbocycles. The zero-order chi connectivity index (χ0) is 13.9. The van der Waals surface area contributed by atoms with E-state index in [-0.39, 0.29) is 0 Å². The topological polar surface area (TPSA) is 20.2 Å². The van der Waals surface area contributed by atoms with Crippen LogP contribution in [-0.4, -0.2) is 36.1 Å². The fourth-order valence-corrected chi connectivity index (χ4v) is 3.41. The molecule has 1 N–H and O–H groups in total. The summed E-state index contributed by atoms with van der Waals surface area (Å²) in [6, 6.07) is 8.69. The molecule has 1 fully saturated rings. The maximum absolute atomic E-state index is 3.44. The normalized spacial score (nSPS) is 17.1. The maximum atomic E-state index is 3.44.